The highest BCUT2D eigenvalue weighted by Crippen LogP contribution is 2.07. The number of carbonyl (C=O) groups excluding carboxylic acids is 1. The molecular weight excluding hydrogens is 208 g/mol. The summed E-state index contributed by atoms with van der Waals surface area (Å²) in [6.07, 6.45) is 18.2. The second kappa shape index (κ2) is 13.5. The van der Waals surface area contributed by atoms with Gasteiger partial charge in [-0.1, -0.05) is 51.2 Å². The molecule has 0 spiro atoms. The summed E-state index contributed by atoms with van der Waals surface area (Å²) in [5, 5.41) is 0. The summed E-state index contributed by atoms with van der Waals surface area (Å²) in [7, 11) is 0. The lowest BCUT2D eigenvalue weighted by molar-refractivity contribution is -0.117. The monoisotopic (exact) mass is 238 g/mol. The Morgan fingerprint density at radius 2 is 1.35 bits per heavy atom. The lowest BCUT2D eigenvalue weighted by Gasteiger charge is -1.97. The molecule has 0 bridgehead atoms. The minimum Gasteiger partial charge on any atom is -0.300 e. The van der Waals surface area contributed by atoms with Crippen LogP contribution in [-0.4, -0.2) is 5.78 Å². The predicted molar refractivity (Wildman–Crippen MR) is 76.3 cm³/mol. The van der Waals surface area contributed by atoms with Gasteiger partial charge in [-0.2, -0.15) is 0 Å². The lowest BCUT2D eigenvalue weighted by atomic mass is 10.1. The molecular formula is C16H30O. The van der Waals surface area contributed by atoms with Gasteiger partial charge >= 0.3 is 0 Å². The Balaban J connectivity index is 3.06. The van der Waals surface area contributed by atoms with E-state index in [0.29, 0.717) is 5.78 Å². The Bertz CT molecular complexity index is 194. The van der Waals surface area contributed by atoms with Gasteiger partial charge in [-0.3, -0.25) is 0 Å². The van der Waals surface area contributed by atoms with Gasteiger partial charge in [-0.05, 0) is 39.0 Å². The van der Waals surface area contributed by atoms with Crippen molar-refractivity contribution >= 4 is 5.78 Å². The molecule has 0 heterocycles. The van der Waals surface area contributed by atoms with Gasteiger partial charge in [0.15, 0.2) is 0 Å². The molecule has 0 radical (unpaired) electrons. The Hall–Kier alpha value is -0.590. The summed E-state index contributed by atoms with van der Waals surface area (Å²) in [5.74, 6) is 0.331. The van der Waals surface area contributed by atoms with Crippen LogP contribution in [0.25, 0.3) is 0 Å². The highest BCUT2D eigenvalue weighted by molar-refractivity contribution is 5.75. The number of carbonyl (C=O) groups is 1. The van der Waals surface area contributed by atoms with Gasteiger partial charge in [0.2, 0.25) is 0 Å². The van der Waals surface area contributed by atoms with Gasteiger partial charge in [0.1, 0.15) is 5.78 Å². The number of allylic oxidation sites excluding steroid dienone is 2. The Morgan fingerprint density at radius 1 is 0.824 bits per heavy atom. The summed E-state index contributed by atoms with van der Waals surface area (Å²) in [6.45, 7) is 3.93. The van der Waals surface area contributed by atoms with Crippen molar-refractivity contribution in [1.29, 1.82) is 0 Å². The van der Waals surface area contributed by atoms with Crippen LogP contribution in [0.3, 0.4) is 0 Å². The van der Waals surface area contributed by atoms with E-state index < -0.39 is 0 Å². The average Bonchev–Trinajstić information content (AvgIpc) is 2.30. The summed E-state index contributed by atoms with van der Waals surface area (Å²) >= 11 is 0. The smallest absolute Gasteiger partial charge is 0.129 e. The average molecular weight is 238 g/mol. The fourth-order valence-corrected chi connectivity index (χ4v) is 1.91. The van der Waals surface area contributed by atoms with Crippen LogP contribution in [0.4, 0.5) is 0 Å². The van der Waals surface area contributed by atoms with E-state index >= 15 is 0 Å². The Morgan fingerprint density at radius 3 is 1.88 bits per heavy atom. The standard InChI is InChI=1S/C16H30O/c1-3-4-5-6-7-8-9-10-11-12-13-14-15-16(2)17/h8-9H,3-7,10-15H2,1-2H3/b9-8-. The first-order valence-corrected chi connectivity index (χ1v) is 7.41. The van der Waals surface area contributed by atoms with Crippen molar-refractivity contribution in [3.63, 3.8) is 0 Å². The topological polar surface area (TPSA) is 17.1 Å². The molecule has 1 nitrogen and oxygen atoms in total. The van der Waals surface area contributed by atoms with E-state index in [0.717, 1.165) is 12.8 Å². The molecule has 0 atom stereocenters. The minimum absolute atomic E-state index is 0.331. The van der Waals surface area contributed by atoms with Crippen molar-refractivity contribution in [1.82, 2.24) is 0 Å². The first-order valence-electron chi connectivity index (χ1n) is 7.41. The molecule has 0 fully saturated rings. The van der Waals surface area contributed by atoms with Crippen LogP contribution in [0.5, 0.6) is 0 Å². The third-order valence-electron chi connectivity index (χ3n) is 3.04. The van der Waals surface area contributed by atoms with Crippen LogP contribution in [0, 0.1) is 0 Å². The molecule has 0 aromatic carbocycles. The van der Waals surface area contributed by atoms with Crippen molar-refractivity contribution in [2.24, 2.45) is 0 Å². The van der Waals surface area contributed by atoms with E-state index in [9.17, 15) is 4.79 Å². The van der Waals surface area contributed by atoms with Crippen LogP contribution < -0.4 is 0 Å². The third-order valence-corrected chi connectivity index (χ3v) is 3.04. The zero-order valence-electron chi connectivity index (χ0n) is 11.8. The third kappa shape index (κ3) is 15.4. The zero-order chi connectivity index (χ0) is 12.8. The van der Waals surface area contributed by atoms with E-state index in [1.54, 1.807) is 6.92 Å². The van der Waals surface area contributed by atoms with E-state index in [2.05, 4.69) is 19.1 Å². The molecule has 0 aromatic heterocycles. The molecule has 0 saturated heterocycles. The van der Waals surface area contributed by atoms with Crippen LogP contribution in [-0.2, 0) is 4.79 Å². The fourth-order valence-electron chi connectivity index (χ4n) is 1.91. The fraction of sp³-hybridized carbons (Fsp3) is 0.812. The maximum atomic E-state index is 10.7. The first-order chi connectivity index (χ1) is 8.27. The molecule has 100 valence electrons. The molecule has 0 aliphatic heterocycles. The molecule has 0 amide bonds. The number of unbranched alkanes of at least 4 members (excludes halogenated alkanes) is 8. The SMILES string of the molecule is CCCCCC/C=C\CCCCCCC(C)=O. The number of ketones is 1. The zero-order valence-corrected chi connectivity index (χ0v) is 11.8. The quantitative estimate of drug-likeness (QED) is 0.327. The van der Waals surface area contributed by atoms with Crippen LogP contribution in [0.1, 0.15) is 84.5 Å². The molecule has 0 rings (SSSR count). The molecule has 0 N–H and O–H groups in total. The van der Waals surface area contributed by atoms with E-state index in [1.807, 2.05) is 0 Å². The summed E-state index contributed by atoms with van der Waals surface area (Å²) < 4.78 is 0. The minimum atomic E-state index is 0.331. The van der Waals surface area contributed by atoms with Gasteiger partial charge < -0.3 is 4.79 Å². The summed E-state index contributed by atoms with van der Waals surface area (Å²) in [4.78, 5) is 10.7. The molecule has 0 saturated carbocycles. The van der Waals surface area contributed by atoms with E-state index in [1.165, 1.54) is 57.8 Å². The van der Waals surface area contributed by atoms with Crippen molar-refractivity contribution in [3.05, 3.63) is 12.2 Å². The Kier molecular flexibility index (Phi) is 13.0. The number of Topliss-reactive ketones (excluding diaryl/α,β-unsaturated/α-hetero) is 1. The number of rotatable bonds is 12. The number of hydrogen-bond donors (Lipinski definition) is 0. The molecule has 0 unspecified atom stereocenters. The van der Waals surface area contributed by atoms with Crippen molar-refractivity contribution in [2.75, 3.05) is 0 Å². The molecule has 0 aliphatic carbocycles. The molecule has 1 heteroatoms. The van der Waals surface area contributed by atoms with Crippen molar-refractivity contribution in [3.8, 4) is 0 Å². The highest BCUT2D eigenvalue weighted by Gasteiger charge is 1.93. The second-order valence-corrected chi connectivity index (χ2v) is 4.98. The Labute approximate surface area is 108 Å². The lowest BCUT2D eigenvalue weighted by Crippen LogP contribution is -1.88. The van der Waals surface area contributed by atoms with Gasteiger partial charge in [-0.15, -0.1) is 0 Å². The van der Waals surface area contributed by atoms with Gasteiger partial charge in [0.05, 0.1) is 0 Å². The summed E-state index contributed by atoms with van der Waals surface area (Å²) in [6, 6.07) is 0. The van der Waals surface area contributed by atoms with Crippen molar-refractivity contribution in [2.45, 2.75) is 84.5 Å². The summed E-state index contributed by atoms with van der Waals surface area (Å²) in [5.41, 5.74) is 0. The van der Waals surface area contributed by atoms with E-state index in [-0.39, 0.29) is 0 Å². The normalized spacial score (nSPS) is 11.2. The second-order valence-electron chi connectivity index (χ2n) is 4.98. The number of hydrogen-bond acceptors (Lipinski definition) is 1. The molecule has 17 heavy (non-hydrogen) atoms. The van der Waals surface area contributed by atoms with Crippen molar-refractivity contribution < 1.29 is 4.79 Å². The van der Waals surface area contributed by atoms with Crippen LogP contribution in [0.15, 0.2) is 12.2 Å². The maximum Gasteiger partial charge on any atom is 0.129 e. The van der Waals surface area contributed by atoms with Crippen LogP contribution in [0.2, 0.25) is 0 Å². The van der Waals surface area contributed by atoms with Crippen LogP contribution >= 0.6 is 0 Å². The van der Waals surface area contributed by atoms with Gasteiger partial charge in [0.25, 0.3) is 0 Å². The maximum absolute atomic E-state index is 10.7. The largest absolute Gasteiger partial charge is 0.300 e. The van der Waals surface area contributed by atoms with Gasteiger partial charge in [-0.25, -0.2) is 0 Å². The highest BCUT2D eigenvalue weighted by atomic mass is 16.1. The predicted octanol–water partition coefficient (Wildman–Crippen LogP) is 5.44. The van der Waals surface area contributed by atoms with Gasteiger partial charge in [0, 0.05) is 6.42 Å². The van der Waals surface area contributed by atoms with E-state index in [4.69, 9.17) is 0 Å². The first kappa shape index (κ1) is 16.4. The molecule has 0 aliphatic rings. The molecule has 0 aromatic rings.